The van der Waals surface area contributed by atoms with E-state index in [1.54, 1.807) is 0 Å². The van der Waals surface area contributed by atoms with Crippen molar-refractivity contribution in [3.63, 3.8) is 0 Å². The van der Waals surface area contributed by atoms with Crippen molar-refractivity contribution in [2.75, 3.05) is 44.6 Å². The van der Waals surface area contributed by atoms with Crippen LogP contribution in [0.4, 0.5) is 10.1 Å². The first-order chi connectivity index (χ1) is 10.1. The average molecular weight is 294 g/mol. The van der Waals surface area contributed by atoms with E-state index in [-0.39, 0.29) is 0 Å². The van der Waals surface area contributed by atoms with E-state index >= 15 is 0 Å². The molecule has 1 heterocycles. The minimum absolute atomic E-state index is 0.388. The summed E-state index contributed by atoms with van der Waals surface area (Å²) in [6.45, 7) is 4.92. The van der Waals surface area contributed by atoms with Crippen LogP contribution in [0, 0.1) is 5.82 Å². The van der Waals surface area contributed by atoms with Crippen LogP contribution in [0.3, 0.4) is 0 Å². The lowest BCUT2D eigenvalue weighted by Gasteiger charge is -2.26. The lowest BCUT2D eigenvalue weighted by Crippen LogP contribution is -2.47. The molecule has 1 aromatic carbocycles. The maximum atomic E-state index is 12.7. The maximum absolute atomic E-state index is 12.7. The van der Waals surface area contributed by atoms with Crippen molar-refractivity contribution >= 4 is 17.5 Å². The Hall–Kier alpha value is -1.99. The highest BCUT2D eigenvalue weighted by Gasteiger charge is 2.14. The molecule has 0 aliphatic carbocycles. The molecule has 1 aliphatic rings. The second kappa shape index (κ2) is 7.70. The Kier molecular flexibility index (Phi) is 5.65. The van der Waals surface area contributed by atoms with Crippen molar-refractivity contribution in [2.24, 2.45) is 0 Å². The van der Waals surface area contributed by atoms with Gasteiger partial charge in [-0.3, -0.25) is 14.5 Å². The summed E-state index contributed by atoms with van der Waals surface area (Å²) < 4.78 is 12.7. The van der Waals surface area contributed by atoms with Gasteiger partial charge in [0.1, 0.15) is 5.82 Å². The average Bonchev–Trinajstić information content (AvgIpc) is 2.50. The molecule has 21 heavy (non-hydrogen) atoms. The molecule has 0 unspecified atom stereocenters. The predicted octanol–water partition coefficient (Wildman–Crippen LogP) is -0.214. The quantitative estimate of drug-likeness (QED) is 0.672. The van der Waals surface area contributed by atoms with Crippen molar-refractivity contribution in [1.82, 2.24) is 15.5 Å². The highest BCUT2D eigenvalue weighted by Crippen LogP contribution is 2.07. The van der Waals surface area contributed by atoms with E-state index in [1.165, 1.54) is 24.3 Å². The second-order valence-electron chi connectivity index (χ2n) is 4.81. The Morgan fingerprint density at radius 2 is 1.81 bits per heavy atom. The molecular formula is C14H19FN4O2. The van der Waals surface area contributed by atoms with Gasteiger partial charge in [0.05, 0.1) is 0 Å². The van der Waals surface area contributed by atoms with Crippen LogP contribution in [0.2, 0.25) is 0 Å². The Morgan fingerprint density at radius 1 is 1.14 bits per heavy atom. The van der Waals surface area contributed by atoms with Gasteiger partial charge in [0, 0.05) is 45.0 Å². The zero-order chi connectivity index (χ0) is 15.1. The van der Waals surface area contributed by atoms with Crippen molar-refractivity contribution in [3.8, 4) is 0 Å². The van der Waals surface area contributed by atoms with Crippen LogP contribution in [-0.4, -0.2) is 56.0 Å². The first-order valence-corrected chi connectivity index (χ1v) is 6.93. The molecule has 0 aromatic heterocycles. The zero-order valence-corrected chi connectivity index (χ0v) is 11.7. The van der Waals surface area contributed by atoms with Crippen molar-refractivity contribution in [3.05, 3.63) is 30.1 Å². The van der Waals surface area contributed by atoms with Crippen molar-refractivity contribution in [1.29, 1.82) is 0 Å². The number of rotatable bonds is 4. The van der Waals surface area contributed by atoms with Crippen LogP contribution in [0.5, 0.6) is 0 Å². The Labute approximate surface area is 122 Å². The molecule has 0 atom stereocenters. The van der Waals surface area contributed by atoms with E-state index in [4.69, 9.17) is 0 Å². The Balaban J connectivity index is 1.69. The molecule has 1 aliphatic heterocycles. The Morgan fingerprint density at radius 3 is 2.48 bits per heavy atom. The first kappa shape index (κ1) is 15.4. The van der Waals surface area contributed by atoms with Crippen LogP contribution in [0.1, 0.15) is 0 Å². The molecule has 0 bridgehead atoms. The van der Waals surface area contributed by atoms with Crippen LogP contribution in [-0.2, 0) is 9.59 Å². The number of carbonyl (C=O) groups is 2. The van der Waals surface area contributed by atoms with Gasteiger partial charge >= 0.3 is 11.8 Å². The zero-order valence-electron chi connectivity index (χ0n) is 11.7. The number of halogens is 1. The molecule has 1 saturated heterocycles. The normalized spacial score (nSPS) is 15.5. The van der Waals surface area contributed by atoms with E-state index in [9.17, 15) is 14.0 Å². The summed E-state index contributed by atoms with van der Waals surface area (Å²) in [4.78, 5) is 25.5. The number of benzene rings is 1. The number of hydrogen-bond donors (Lipinski definition) is 3. The highest BCUT2D eigenvalue weighted by atomic mass is 19.1. The lowest BCUT2D eigenvalue weighted by molar-refractivity contribution is -0.136. The van der Waals surface area contributed by atoms with Gasteiger partial charge in [-0.25, -0.2) is 4.39 Å². The van der Waals surface area contributed by atoms with Gasteiger partial charge in [-0.1, -0.05) is 0 Å². The van der Waals surface area contributed by atoms with Crippen LogP contribution >= 0.6 is 0 Å². The smallest absolute Gasteiger partial charge is 0.313 e. The summed E-state index contributed by atoms with van der Waals surface area (Å²) in [6, 6.07) is 5.25. The van der Waals surface area contributed by atoms with Crippen molar-refractivity contribution < 1.29 is 14.0 Å². The molecule has 2 rings (SSSR count). The standard InChI is InChI=1S/C14H19FN4O2/c15-11-1-3-12(4-2-11)18-14(21)13(20)17-7-10-19-8-5-16-6-9-19/h1-4,16H,5-10H2,(H,17,20)(H,18,21). The summed E-state index contributed by atoms with van der Waals surface area (Å²) in [6.07, 6.45) is 0. The van der Waals surface area contributed by atoms with E-state index < -0.39 is 17.6 Å². The van der Waals surface area contributed by atoms with Gasteiger partial charge < -0.3 is 16.0 Å². The molecule has 6 nitrogen and oxygen atoms in total. The number of anilines is 1. The number of hydrogen-bond acceptors (Lipinski definition) is 4. The molecule has 7 heteroatoms. The van der Waals surface area contributed by atoms with Crippen molar-refractivity contribution in [2.45, 2.75) is 0 Å². The largest absolute Gasteiger partial charge is 0.347 e. The number of piperazine rings is 1. The molecule has 114 valence electrons. The number of carbonyl (C=O) groups excluding carboxylic acids is 2. The van der Waals surface area contributed by atoms with Crippen LogP contribution < -0.4 is 16.0 Å². The molecule has 3 N–H and O–H groups in total. The summed E-state index contributed by atoms with van der Waals surface area (Å²) in [5, 5.41) is 8.23. The summed E-state index contributed by atoms with van der Waals surface area (Å²) in [5.41, 5.74) is 0.388. The summed E-state index contributed by atoms with van der Waals surface area (Å²) in [7, 11) is 0. The fourth-order valence-corrected chi connectivity index (χ4v) is 2.06. The minimum Gasteiger partial charge on any atom is -0.347 e. The summed E-state index contributed by atoms with van der Waals surface area (Å²) in [5.74, 6) is -1.83. The fraction of sp³-hybridized carbons (Fsp3) is 0.429. The number of amides is 2. The van der Waals surface area contributed by atoms with Gasteiger partial charge in [-0.05, 0) is 24.3 Å². The van der Waals surface area contributed by atoms with Gasteiger partial charge in [-0.15, -0.1) is 0 Å². The van der Waals surface area contributed by atoms with Crippen LogP contribution in [0.15, 0.2) is 24.3 Å². The van der Waals surface area contributed by atoms with E-state index in [2.05, 4.69) is 20.9 Å². The molecule has 0 saturated carbocycles. The third-order valence-electron chi connectivity index (χ3n) is 3.23. The third-order valence-corrected chi connectivity index (χ3v) is 3.23. The highest BCUT2D eigenvalue weighted by molar-refractivity contribution is 6.39. The lowest BCUT2D eigenvalue weighted by atomic mass is 10.3. The summed E-state index contributed by atoms with van der Waals surface area (Å²) >= 11 is 0. The second-order valence-corrected chi connectivity index (χ2v) is 4.81. The van der Waals surface area contributed by atoms with Gasteiger partial charge in [0.25, 0.3) is 0 Å². The molecule has 0 radical (unpaired) electrons. The van der Waals surface area contributed by atoms with Gasteiger partial charge in [0.2, 0.25) is 0 Å². The predicted molar refractivity (Wildman–Crippen MR) is 77.3 cm³/mol. The fourth-order valence-electron chi connectivity index (χ4n) is 2.06. The van der Waals surface area contributed by atoms with Gasteiger partial charge in [-0.2, -0.15) is 0 Å². The van der Waals surface area contributed by atoms with E-state index in [1.807, 2.05) is 0 Å². The topological polar surface area (TPSA) is 73.5 Å². The Bertz CT molecular complexity index is 486. The minimum atomic E-state index is -0.748. The number of nitrogens with one attached hydrogen (secondary N) is 3. The van der Waals surface area contributed by atoms with E-state index in [0.717, 1.165) is 32.7 Å². The third kappa shape index (κ3) is 5.13. The maximum Gasteiger partial charge on any atom is 0.313 e. The molecule has 2 amide bonds. The van der Waals surface area contributed by atoms with Gasteiger partial charge in [0.15, 0.2) is 0 Å². The molecule has 1 fully saturated rings. The molecule has 1 aromatic rings. The SMILES string of the molecule is O=C(NCCN1CCNCC1)C(=O)Nc1ccc(F)cc1. The molecule has 0 spiro atoms. The molecular weight excluding hydrogens is 275 g/mol. The monoisotopic (exact) mass is 294 g/mol. The number of nitrogens with zero attached hydrogens (tertiary/aromatic N) is 1. The first-order valence-electron chi connectivity index (χ1n) is 6.93. The van der Waals surface area contributed by atoms with Crippen LogP contribution in [0.25, 0.3) is 0 Å². The van der Waals surface area contributed by atoms with E-state index in [0.29, 0.717) is 12.2 Å².